The van der Waals surface area contributed by atoms with Crippen LogP contribution in [0.15, 0.2) is 39.4 Å². The Morgan fingerprint density at radius 2 is 2.20 bits per heavy atom. The summed E-state index contributed by atoms with van der Waals surface area (Å²) in [5, 5.41) is 10.8. The summed E-state index contributed by atoms with van der Waals surface area (Å²) >= 11 is 0. The largest absolute Gasteiger partial charge is 0.458 e. The van der Waals surface area contributed by atoms with E-state index in [9.17, 15) is 0 Å². The van der Waals surface area contributed by atoms with Crippen LogP contribution in [-0.2, 0) is 17.7 Å². The first kappa shape index (κ1) is 16.1. The Morgan fingerprint density at radius 3 is 2.92 bits per heavy atom. The summed E-state index contributed by atoms with van der Waals surface area (Å²) in [7, 11) is 1.77. The monoisotopic (exact) mass is 342 g/mol. The van der Waals surface area contributed by atoms with Gasteiger partial charge in [-0.05, 0) is 25.1 Å². The zero-order valence-electron chi connectivity index (χ0n) is 14.4. The molecule has 7 nitrogen and oxygen atoms in total. The van der Waals surface area contributed by atoms with E-state index in [4.69, 9.17) is 13.7 Å². The standard InChI is InChI=1S/C18H22N4O3/c1-12-7-15(25-21-12)8-13-9-22(11-18(13)23-2)10-14-3-4-17(24-14)16-5-6-19-20-16/h3-7,13,18H,8-11H2,1-2H3,(H,19,20)/t13-,18+/m1/s1. The van der Waals surface area contributed by atoms with Crippen molar-refractivity contribution in [3.8, 4) is 11.5 Å². The predicted octanol–water partition coefficient (Wildman–Crippen LogP) is 2.66. The molecule has 132 valence electrons. The molecule has 0 bridgehead atoms. The van der Waals surface area contributed by atoms with E-state index in [1.165, 1.54) is 0 Å². The fourth-order valence-corrected chi connectivity index (χ4v) is 3.51. The summed E-state index contributed by atoms with van der Waals surface area (Å²) in [4.78, 5) is 2.36. The van der Waals surface area contributed by atoms with E-state index in [0.717, 1.165) is 54.7 Å². The third-order valence-corrected chi connectivity index (χ3v) is 4.71. The van der Waals surface area contributed by atoms with Crippen LogP contribution in [0.3, 0.4) is 0 Å². The third kappa shape index (κ3) is 3.52. The first-order chi connectivity index (χ1) is 12.2. The van der Waals surface area contributed by atoms with E-state index in [-0.39, 0.29) is 6.10 Å². The van der Waals surface area contributed by atoms with Crippen molar-refractivity contribution in [2.24, 2.45) is 5.92 Å². The Morgan fingerprint density at radius 1 is 1.28 bits per heavy atom. The lowest BCUT2D eigenvalue weighted by Gasteiger charge is -2.14. The molecule has 1 aliphatic rings. The highest BCUT2D eigenvalue weighted by atomic mass is 16.5. The number of aromatic nitrogens is 3. The maximum Gasteiger partial charge on any atom is 0.152 e. The minimum Gasteiger partial charge on any atom is -0.458 e. The number of nitrogens with zero attached hydrogens (tertiary/aromatic N) is 3. The number of likely N-dealkylation sites (tertiary alicyclic amines) is 1. The Labute approximate surface area is 145 Å². The summed E-state index contributed by atoms with van der Waals surface area (Å²) in [6.07, 6.45) is 2.75. The average molecular weight is 342 g/mol. The van der Waals surface area contributed by atoms with Gasteiger partial charge in [0.1, 0.15) is 17.2 Å². The highest BCUT2D eigenvalue weighted by Crippen LogP contribution is 2.27. The van der Waals surface area contributed by atoms with Crippen LogP contribution >= 0.6 is 0 Å². The van der Waals surface area contributed by atoms with Gasteiger partial charge in [-0.2, -0.15) is 5.10 Å². The first-order valence-electron chi connectivity index (χ1n) is 8.47. The van der Waals surface area contributed by atoms with Crippen LogP contribution in [0.5, 0.6) is 0 Å². The van der Waals surface area contributed by atoms with Crippen molar-refractivity contribution in [2.75, 3.05) is 20.2 Å². The van der Waals surface area contributed by atoms with Gasteiger partial charge < -0.3 is 13.7 Å². The second kappa shape index (κ2) is 6.85. The summed E-state index contributed by atoms with van der Waals surface area (Å²) in [5.74, 6) is 3.06. The summed E-state index contributed by atoms with van der Waals surface area (Å²) in [6.45, 7) is 4.53. The number of aryl methyl sites for hydroxylation is 1. The van der Waals surface area contributed by atoms with Crippen molar-refractivity contribution in [3.63, 3.8) is 0 Å². The van der Waals surface area contributed by atoms with Gasteiger partial charge in [-0.15, -0.1) is 0 Å². The molecule has 0 saturated carbocycles. The lowest BCUT2D eigenvalue weighted by Crippen LogP contribution is -2.23. The van der Waals surface area contributed by atoms with Gasteiger partial charge in [0.25, 0.3) is 0 Å². The van der Waals surface area contributed by atoms with Crippen molar-refractivity contribution >= 4 is 0 Å². The predicted molar refractivity (Wildman–Crippen MR) is 90.8 cm³/mol. The molecule has 0 spiro atoms. The van der Waals surface area contributed by atoms with Gasteiger partial charge in [-0.25, -0.2) is 0 Å². The van der Waals surface area contributed by atoms with Crippen LogP contribution in [0.2, 0.25) is 0 Å². The van der Waals surface area contributed by atoms with Gasteiger partial charge in [0, 0.05) is 44.8 Å². The van der Waals surface area contributed by atoms with Crippen molar-refractivity contribution in [3.05, 3.63) is 47.7 Å². The zero-order chi connectivity index (χ0) is 17.2. The van der Waals surface area contributed by atoms with Gasteiger partial charge in [0.15, 0.2) is 5.76 Å². The Kier molecular flexibility index (Phi) is 4.42. The molecule has 0 amide bonds. The maximum atomic E-state index is 5.93. The van der Waals surface area contributed by atoms with Crippen molar-refractivity contribution < 1.29 is 13.7 Å². The Hall–Kier alpha value is -2.38. The molecule has 3 aromatic rings. The van der Waals surface area contributed by atoms with Crippen LogP contribution in [0.1, 0.15) is 17.2 Å². The fourth-order valence-electron chi connectivity index (χ4n) is 3.51. The second-order valence-corrected chi connectivity index (χ2v) is 6.60. The first-order valence-corrected chi connectivity index (χ1v) is 8.47. The number of furan rings is 1. The smallest absolute Gasteiger partial charge is 0.152 e. The summed E-state index contributed by atoms with van der Waals surface area (Å²) < 4.78 is 17.0. The summed E-state index contributed by atoms with van der Waals surface area (Å²) in [6, 6.07) is 7.89. The molecule has 1 N–H and O–H groups in total. The van der Waals surface area contributed by atoms with Crippen molar-refractivity contribution in [1.29, 1.82) is 0 Å². The third-order valence-electron chi connectivity index (χ3n) is 4.71. The molecule has 4 heterocycles. The van der Waals surface area contributed by atoms with E-state index < -0.39 is 0 Å². The molecule has 0 radical (unpaired) electrons. The van der Waals surface area contributed by atoms with Gasteiger partial charge in [-0.1, -0.05) is 5.16 Å². The molecule has 1 saturated heterocycles. The summed E-state index contributed by atoms with van der Waals surface area (Å²) in [5.41, 5.74) is 1.81. The number of hydrogen-bond acceptors (Lipinski definition) is 6. The van der Waals surface area contributed by atoms with Crippen LogP contribution < -0.4 is 0 Å². The SMILES string of the molecule is CO[C@H]1CN(Cc2ccc(-c3ccn[nH]3)o2)C[C@H]1Cc1cc(C)no1. The molecule has 25 heavy (non-hydrogen) atoms. The zero-order valence-corrected chi connectivity index (χ0v) is 14.4. The van der Waals surface area contributed by atoms with Crippen molar-refractivity contribution in [2.45, 2.75) is 26.0 Å². The normalized spacial score (nSPS) is 21.2. The van der Waals surface area contributed by atoms with E-state index in [2.05, 4.69) is 20.3 Å². The lowest BCUT2D eigenvalue weighted by molar-refractivity contribution is 0.0758. The number of H-pyrrole nitrogens is 1. The molecule has 1 aliphatic heterocycles. The molecular formula is C18H22N4O3. The van der Waals surface area contributed by atoms with E-state index in [1.807, 2.05) is 31.2 Å². The van der Waals surface area contributed by atoms with Gasteiger partial charge >= 0.3 is 0 Å². The second-order valence-electron chi connectivity index (χ2n) is 6.60. The Balaban J connectivity index is 1.40. The molecule has 0 aromatic carbocycles. The minimum atomic E-state index is 0.187. The highest BCUT2D eigenvalue weighted by Gasteiger charge is 2.34. The maximum absolute atomic E-state index is 5.93. The molecule has 4 rings (SSSR count). The molecule has 0 unspecified atom stereocenters. The molecule has 7 heteroatoms. The van der Waals surface area contributed by atoms with Crippen LogP contribution in [0.25, 0.3) is 11.5 Å². The number of hydrogen-bond donors (Lipinski definition) is 1. The topological polar surface area (TPSA) is 80.3 Å². The molecular weight excluding hydrogens is 320 g/mol. The lowest BCUT2D eigenvalue weighted by atomic mass is 10.0. The fraction of sp³-hybridized carbons (Fsp3) is 0.444. The van der Waals surface area contributed by atoms with Crippen molar-refractivity contribution in [1.82, 2.24) is 20.3 Å². The minimum absolute atomic E-state index is 0.187. The molecule has 2 atom stereocenters. The molecule has 3 aromatic heterocycles. The number of methoxy groups -OCH3 is 1. The van der Waals surface area contributed by atoms with Gasteiger partial charge in [-0.3, -0.25) is 10.00 Å². The number of rotatable bonds is 6. The highest BCUT2D eigenvalue weighted by molar-refractivity contribution is 5.51. The van der Waals surface area contributed by atoms with E-state index >= 15 is 0 Å². The Bertz CT molecular complexity index is 808. The van der Waals surface area contributed by atoms with Gasteiger partial charge in [0.2, 0.25) is 0 Å². The van der Waals surface area contributed by atoms with Gasteiger partial charge in [0.05, 0.1) is 18.3 Å². The van der Waals surface area contributed by atoms with Crippen LogP contribution in [0, 0.1) is 12.8 Å². The number of aromatic amines is 1. The quantitative estimate of drug-likeness (QED) is 0.742. The van der Waals surface area contributed by atoms with E-state index in [0.29, 0.717) is 5.92 Å². The van der Waals surface area contributed by atoms with Crippen LogP contribution in [-0.4, -0.2) is 46.6 Å². The van der Waals surface area contributed by atoms with Crippen LogP contribution in [0.4, 0.5) is 0 Å². The molecule has 0 aliphatic carbocycles. The number of ether oxygens (including phenoxy) is 1. The molecule has 1 fully saturated rings. The van der Waals surface area contributed by atoms with E-state index in [1.54, 1.807) is 13.3 Å². The average Bonchev–Trinajstić information content (AvgIpc) is 3.36. The number of nitrogens with one attached hydrogen (secondary N) is 1.